The van der Waals surface area contributed by atoms with Crippen molar-refractivity contribution in [3.63, 3.8) is 0 Å². The van der Waals surface area contributed by atoms with Gasteiger partial charge in [0.05, 0.1) is 6.61 Å². The number of ether oxygens (including phenoxy) is 2. The Hall–Kier alpha value is -5.52. The minimum atomic E-state index is -0.793. The van der Waals surface area contributed by atoms with Crippen LogP contribution >= 0.6 is 0 Å². The lowest BCUT2D eigenvalue weighted by atomic mass is 10.0. The number of hydrogen-bond acceptors (Lipinski definition) is 5. The maximum Gasteiger partial charge on any atom is 0.306 e. The van der Waals surface area contributed by atoms with Crippen molar-refractivity contribution < 1.29 is 24.2 Å². The Balaban J connectivity index is 3.58. The Labute approximate surface area is 542 Å². The van der Waals surface area contributed by atoms with Crippen LogP contribution < -0.4 is 0 Å². The van der Waals surface area contributed by atoms with E-state index in [1.807, 2.05) is 0 Å². The number of aliphatic hydroxyl groups excluding tert-OH is 1. The van der Waals surface area contributed by atoms with Gasteiger partial charge in [0.25, 0.3) is 0 Å². The summed E-state index contributed by atoms with van der Waals surface area (Å²) in [6, 6.07) is 0. The molecule has 88 heavy (non-hydrogen) atoms. The summed E-state index contributed by atoms with van der Waals surface area (Å²) in [6.07, 6.45) is 121. The number of aliphatic hydroxyl groups is 1. The fourth-order valence-corrected chi connectivity index (χ4v) is 9.33. The van der Waals surface area contributed by atoms with E-state index < -0.39 is 6.10 Å². The van der Waals surface area contributed by atoms with Crippen LogP contribution in [0, 0.1) is 0 Å². The van der Waals surface area contributed by atoms with Crippen molar-refractivity contribution in [2.75, 3.05) is 13.2 Å². The van der Waals surface area contributed by atoms with Gasteiger partial charge in [-0.05, 0) is 148 Å². The summed E-state index contributed by atoms with van der Waals surface area (Å²) < 4.78 is 10.8. The Morgan fingerprint density at radius 2 is 0.455 bits per heavy atom. The summed E-state index contributed by atoms with van der Waals surface area (Å²) in [5.74, 6) is -0.609. The zero-order chi connectivity index (χ0) is 63.3. The quantitative estimate of drug-likeness (QED) is 0.0373. The third-order valence-electron chi connectivity index (χ3n) is 14.6. The fraction of sp³-hybridized carbons (Fsp3) is 0.566. The molecule has 5 nitrogen and oxygen atoms in total. The molecule has 0 saturated heterocycles. The van der Waals surface area contributed by atoms with E-state index in [0.29, 0.717) is 12.8 Å². The largest absolute Gasteiger partial charge is 0.462 e. The van der Waals surface area contributed by atoms with Crippen molar-refractivity contribution in [1.29, 1.82) is 0 Å². The first kappa shape index (κ1) is 82.5. The first-order chi connectivity index (χ1) is 43.6. The van der Waals surface area contributed by atoms with Crippen molar-refractivity contribution in [2.45, 2.75) is 290 Å². The predicted molar refractivity (Wildman–Crippen MR) is 389 cm³/mol. The molecule has 0 aromatic rings. The first-order valence-corrected chi connectivity index (χ1v) is 35.6. The summed E-state index contributed by atoms with van der Waals surface area (Å²) in [7, 11) is 0. The summed E-state index contributed by atoms with van der Waals surface area (Å²) >= 11 is 0. The van der Waals surface area contributed by atoms with E-state index in [-0.39, 0.29) is 25.2 Å². The second-order valence-electron chi connectivity index (χ2n) is 22.8. The van der Waals surface area contributed by atoms with Gasteiger partial charge in [-0.1, -0.05) is 330 Å². The van der Waals surface area contributed by atoms with E-state index in [1.165, 1.54) is 103 Å². The highest BCUT2D eigenvalue weighted by Crippen LogP contribution is 2.16. The van der Waals surface area contributed by atoms with Crippen LogP contribution in [0.4, 0.5) is 0 Å². The van der Waals surface area contributed by atoms with E-state index in [2.05, 4.69) is 220 Å². The van der Waals surface area contributed by atoms with Crippen molar-refractivity contribution in [3.8, 4) is 0 Å². The average Bonchev–Trinajstić information content (AvgIpc) is 3.55. The van der Waals surface area contributed by atoms with Crippen molar-refractivity contribution in [3.05, 3.63) is 207 Å². The van der Waals surface area contributed by atoms with Gasteiger partial charge in [0, 0.05) is 12.8 Å². The predicted octanol–water partition coefficient (Wildman–Crippen LogP) is 25.3. The number of allylic oxidation sites excluding steroid dienone is 34. The molecule has 0 spiro atoms. The second-order valence-corrected chi connectivity index (χ2v) is 22.8. The Morgan fingerprint density at radius 1 is 0.261 bits per heavy atom. The highest BCUT2D eigenvalue weighted by molar-refractivity contribution is 5.70. The maximum atomic E-state index is 12.4. The monoisotopic (exact) mass is 1210 g/mol. The molecule has 5 heteroatoms. The van der Waals surface area contributed by atoms with Crippen LogP contribution in [0.25, 0.3) is 0 Å². The standard InChI is InChI=1S/C83H130O5/c1-3-5-7-9-11-13-15-17-19-21-23-25-27-29-31-33-35-37-39-41-43-45-47-49-51-53-55-57-59-61-63-65-67-69-71-73-75-77-82(85)87-80-81(79-84)88-83(86)78-76-74-72-70-68-66-64-62-60-58-56-54-52-50-48-46-44-42-40-38-36-34-32-30-28-26-24-22-20-18-16-14-12-10-8-6-4-2/h5-8,11-14,17-20,23-26,29-32,35-38,41-44,47-50,54,56,81,84H,3-4,9-10,15-16,21-22,27-28,33-34,39-40,45-46,51-53,55,57-80H2,1-2H3/b7-5-,8-6-,13-11-,14-12-,19-17-,20-18-,25-23-,26-24-,31-29-,32-30-,37-35-,38-36-,43-41-,44-42-,49-47-,50-48-,56-54-. The molecule has 0 aliphatic carbocycles. The van der Waals surface area contributed by atoms with Crippen molar-refractivity contribution in [2.24, 2.45) is 0 Å². The molecule has 1 atom stereocenters. The number of carbonyl (C=O) groups excluding carboxylic acids is 2. The number of esters is 2. The average molecular weight is 1210 g/mol. The number of rotatable bonds is 63. The van der Waals surface area contributed by atoms with E-state index in [9.17, 15) is 14.7 Å². The Bertz CT molecular complexity index is 2050. The molecule has 0 saturated carbocycles. The van der Waals surface area contributed by atoms with E-state index >= 15 is 0 Å². The van der Waals surface area contributed by atoms with Gasteiger partial charge in [0.2, 0.25) is 0 Å². The molecule has 492 valence electrons. The molecule has 0 aromatic carbocycles. The highest BCUT2D eigenvalue weighted by Gasteiger charge is 2.16. The van der Waals surface area contributed by atoms with Crippen LogP contribution in [0.3, 0.4) is 0 Å². The lowest BCUT2D eigenvalue weighted by Crippen LogP contribution is -2.28. The zero-order valence-corrected chi connectivity index (χ0v) is 56.4. The van der Waals surface area contributed by atoms with Gasteiger partial charge in [-0.2, -0.15) is 0 Å². The number of unbranched alkanes of at least 4 members (excludes halogenated alkanes) is 21. The third-order valence-corrected chi connectivity index (χ3v) is 14.6. The minimum absolute atomic E-state index is 0.0807. The molecular formula is C83H130O5. The van der Waals surface area contributed by atoms with Crippen LogP contribution in [0.2, 0.25) is 0 Å². The van der Waals surface area contributed by atoms with Crippen LogP contribution in [-0.2, 0) is 19.1 Å². The molecule has 1 unspecified atom stereocenters. The van der Waals surface area contributed by atoms with E-state index in [0.717, 1.165) is 154 Å². The summed E-state index contributed by atoms with van der Waals surface area (Å²) in [5.41, 5.74) is 0. The molecule has 1 N–H and O–H groups in total. The number of carbonyl (C=O) groups is 2. The van der Waals surface area contributed by atoms with Gasteiger partial charge >= 0.3 is 11.9 Å². The lowest BCUT2D eigenvalue weighted by Gasteiger charge is -2.15. The third kappa shape index (κ3) is 73.0. The summed E-state index contributed by atoms with van der Waals surface area (Å²) in [6.45, 7) is 3.90. The van der Waals surface area contributed by atoms with Crippen LogP contribution in [-0.4, -0.2) is 36.4 Å². The first-order valence-electron chi connectivity index (χ1n) is 35.6. The second kappa shape index (κ2) is 75.7. The molecule has 0 bridgehead atoms. The van der Waals surface area contributed by atoms with Gasteiger partial charge in [0.1, 0.15) is 6.61 Å². The molecule has 0 fully saturated rings. The van der Waals surface area contributed by atoms with Crippen LogP contribution in [0.15, 0.2) is 207 Å². The minimum Gasteiger partial charge on any atom is -0.462 e. The smallest absolute Gasteiger partial charge is 0.306 e. The van der Waals surface area contributed by atoms with Crippen LogP contribution in [0.1, 0.15) is 284 Å². The van der Waals surface area contributed by atoms with Gasteiger partial charge < -0.3 is 14.6 Å². The molecule has 0 radical (unpaired) electrons. The molecule has 0 rings (SSSR count). The fourth-order valence-electron chi connectivity index (χ4n) is 9.33. The Morgan fingerprint density at radius 3 is 0.682 bits per heavy atom. The summed E-state index contributed by atoms with van der Waals surface area (Å²) in [5, 5.41) is 9.71. The SMILES string of the molecule is CC/C=C\C/C=C\C/C=C\C/C=C\C/C=C\C/C=C\C/C=C\C/C=C\C/C=C\CCCCCCCCCCCC(=O)OC(CO)COC(=O)CCCCCCCCCCCCCC/C=C\C/C=C\C/C=C\C/C=C\C/C=C\C/C=C\C/C=C\C/C=C\CC. The molecule has 0 heterocycles. The molecule has 0 aliphatic heterocycles. The zero-order valence-electron chi connectivity index (χ0n) is 56.4. The normalized spacial score (nSPS) is 13.5. The van der Waals surface area contributed by atoms with E-state index in [1.54, 1.807) is 0 Å². The van der Waals surface area contributed by atoms with Gasteiger partial charge in [0.15, 0.2) is 6.10 Å². The molecule has 0 amide bonds. The molecule has 0 aliphatic rings. The van der Waals surface area contributed by atoms with Gasteiger partial charge in [-0.25, -0.2) is 0 Å². The Kier molecular flexibility index (Phi) is 71.0. The highest BCUT2D eigenvalue weighted by atomic mass is 16.6. The molecule has 0 aromatic heterocycles. The van der Waals surface area contributed by atoms with Gasteiger partial charge in [-0.15, -0.1) is 0 Å². The summed E-state index contributed by atoms with van der Waals surface area (Å²) in [4.78, 5) is 24.7. The number of hydrogen-bond donors (Lipinski definition) is 1. The van der Waals surface area contributed by atoms with Gasteiger partial charge in [-0.3, -0.25) is 9.59 Å². The van der Waals surface area contributed by atoms with E-state index in [4.69, 9.17) is 9.47 Å². The topological polar surface area (TPSA) is 72.8 Å². The van der Waals surface area contributed by atoms with Crippen molar-refractivity contribution in [1.82, 2.24) is 0 Å². The molecular weight excluding hydrogens is 1080 g/mol. The van der Waals surface area contributed by atoms with Crippen molar-refractivity contribution >= 4 is 11.9 Å². The van der Waals surface area contributed by atoms with Crippen LogP contribution in [0.5, 0.6) is 0 Å². The lowest BCUT2D eigenvalue weighted by molar-refractivity contribution is -0.161. The maximum absolute atomic E-state index is 12.4.